The van der Waals surface area contributed by atoms with Crippen LogP contribution in [0.4, 0.5) is 4.39 Å². The summed E-state index contributed by atoms with van der Waals surface area (Å²) in [7, 11) is 0. The van der Waals surface area contributed by atoms with Gasteiger partial charge in [0, 0.05) is 18.5 Å². The molecule has 2 unspecified atom stereocenters. The highest BCUT2D eigenvalue weighted by molar-refractivity contribution is 5.98. The highest BCUT2D eigenvalue weighted by Crippen LogP contribution is 2.34. The second kappa shape index (κ2) is 12.6. The second-order valence-corrected chi connectivity index (χ2v) is 11.5. The largest absolute Gasteiger partial charge is 0.383 e. The first-order valence-electron chi connectivity index (χ1n) is 12.9. The average molecular weight is 491 g/mol. The van der Waals surface area contributed by atoms with Crippen LogP contribution in [-0.2, 0) is 15.2 Å². The van der Waals surface area contributed by atoms with Gasteiger partial charge in [-0.25, -0.2) is 4.39 Å². The van der Waals surface area contributed by atoms with Crippen LogP contribution < -0.4 is 5.32 Å². The number of carbonyl (C=O) groups is 3. The molecule has 1 saturated heterocycles. The van der Waals surface area contributed by atoms with Crippen LogP contribution in [0.1, 0.15) is 102 Å². The number of carbonyl (C=O) groups excluding carboxylic acids is 3. The van der Waals surface area contributed by atoms with Crippen LogP contribution >= 0.6 is 0 Å². The minimum Gasteiger partial charge on any atom is -0.383 e. The molecule has 196 valence electrons. The molecule has 2 fully saturated rings. The first kappa shape index (κ1) is 29.0. The molecule has 2 aliphatic rings. The monoisotopic (exact) mass is 490 g/mol. The first-order chi connectivity index (χ1) is 16.4. The molecule has 6 nitrogen and oxygen atoms in total. The Labute approximate surface area is 209 Å². The summed E-state index contributed by atoms with van der Waals surface area (Å²) >= 11 is 0. The van der Waals surface area contributed by atoms with E-state index in [1.54, 1.807) is 6.92 Å². The van der Waals surface area contributed by atoms with Gasteiger partial charge in [0.05, 0.1) is 18.2 Å². The van der Waals surface area contributed by atoms with Crippen molar-refractivity contribution in [3.63, 3.8) is 0 Å². The van der Waals surface area contributed by atoms with Gasteiger partial charge < -0.3 is 15.3 Å². The molecule has 1 saturated carbocycles. The molecule has 1 aromatic carbocycles. The van der Waals surface area contributed by atoms with Gasteiger partial charge in [-0.3, -0.25) is 14.4 Å². The molecule has 3 rings (SSSR count). The minimum atomic E-state index is -1.54. The van der Waals surface area contributed by atoms with E-state index in [1.165, 1.54) is 23.1 Å². The van der Waals surface area contributed by atoms with Gasteiger partial charge in [-0.05, 0) is 43.1 Å². The predicted octanol–water partition coefficient (Wildman–Crippen LogP) is 4.98. The van der Waals surface area contributed by atoms with Crippen LogP contribution in [0.2, 0.25) is 0 Å². The highest BCUT2D eigenvalue weighted by atomic mass is 19.1. The van der Waals surface area contributed by atoms with Gasteiger partial charge >= 0.3 is 0 Å². The Morgan fingerprint density at radius 2 is 1.83 bits per heavy atom. The van der Waals surface area contributed by atoms with Crippen LogP contribution in [0.5, 0.6) is 0 Å². The van der Waals surface area contributed by atoms with Crippen molar-refractivity contribution in [3.8, 4) is 0 Å². The van der Waals surface area contributed by atoms with Gasteiger partial charge in [-0.1, -0.05) is 66.0 Å². The fraction of sp³-hybridized carbons (Fsp3) is 0.679. The molecule has 7 heteroatoms. The van der Waals surface area contributed by atoms with Gasteiger partial charge in [-0.15, -0.1) is 0 Å². The molecule has 2 amide bonds. The molecule has 2 N–H and O–H groups in total. The predicted molar refractivity (Wildman–Crippen MR) is 135 cm³/mol. The number of nitrogens with one attached hydrogen (secondary N) is 1. The summed E-state index contributed by atoms with van der Waals surface area (Å²) in [5.74, 6) is -1.40. The smallest absolute Gasteiger partial charge is 0.254 e. The van der Waals surface area contributed by atoms with Crippen molar-refractivity contribution in [1.29, 1.82) is 0 Å². The second-order valence-electron chi connectivity index (χ2n) is 11.5. The Bertz CT molecular complexity index is 870. The molecule has 1 aliphatic carbocycles. The van der Waals surface area contributed by atoms with E-state index in [0.717, 1.165) is 32.1 Å². The van der Waals surface area contributed by atoms with Crippen LogP contribution in [0.25, 0.3) is 0 Å². The number of hydrogen-bond acceptors (Lipinski definition) is 4. The van der Waals surface area contributed by atoms with Crippen molar-refractivity contribution in [2.45, 2.75) is 97.6 Å². The number of benzene rings is 1. The maximum atomic E-state index is 15.3. The van der Waals surface area contributed by atoms with E-state index in [1.807, 2.05) is 0 Å². The number of halogens is 1. The molecule has 0 bridgehead atoms. The normalized spacial score (nSPS) is 22.0. The standard InChI is InChI=1S/C23H31FN2O4.C5H12/c1-2-19(28)21(16-8-4-3-5-9-16)25-22(29)17-10-6-11-18(20(17)24)23(30)12-7-13-26(14-23)15-27;1-5(2,3)4/h6,10-11,15-16,21,30H,2-5,7-9,12-14H2,1H3,(H,25,29);1-4H3. The Balaban J connectivity index is 0.000000784. The zero-order valence-electron chi connectivity index (χ0n) is 22.0. The molecular formula is C28H43FN2O4. The maximum absolute atomic E-state index is 15.3. The fourth-order valence-electron chi connectivity index (χ4n) is 4.81. The van der Waals surface area contributed by atoms with E-state index >= 15 is 4.39 Å². The van der Waals surface area contributed by atoms with E-state index in [0.29, 0.717) is 37.6 Å². The lowest BCUT2D eigenvalue weighted by atomic mass is 9.81. The topological polar surface area (TPSA) is 86.7 Å². The van der Waals surface area contributed by atoms with Gasteiger partial charge in [0.15, 0.2) is 5.78 Å². The zero-order chi connectivity index (χ0) is 26.2. The number of piperidine rings is 1. The van der Waals surface area contributed by atoms with Gasteiger partial charge in [0.1, 0.15) is 11.4 Å². The molecule has 0 spiro atoms. The third-order valence-electron chi connectivity index (χ3n) is 6.50. The molecule has 1 aromatic rings. The lowest BCUT2D eigenvalue weighted by Crippen LogP contribution is -2.47. The molecule has 0 radical (unpaired) electrons. The first-order valence-corrected chi connectivity index (χ1v) is 12.9. The molecule has 35 heavy (non-hydrogen) atoms. The summed E-state index contributed by atoms with van der Waals surface area (Å²) < 4.78 is 15.3. The summed E-state index contributed by atoms with van der Waals surface area (Å²) in [6.07, 6.45) is 6.73. The van der Waals surface area contributed by atoms with Crippen molar-refractivity contribution in [1.82, 2.24) is 10.2 Å². The number of β-amino-alcohol motifs (C(OH)–C–C–N with tert-alkyl or cyclic N) is 1. The highest BCUT2D eigenvalue weighted by Gasteiger charge is 2.38. The van der Waals surface area contributed by atoms with Crippen LogP contribution in [0.15, 0.2) is 18.2 Å². The zero-order valence-corrected chi connectivity index (χ0v) is 22.0. The number of likely N-dealkylation sites (tertiary alicyclic amines) is 1. The summed E-state index contributed by atoms with van der Waals surface area (Å²) in [6, 6.07) is 3.74. The van der Waals surface area contributed by atoms with E-state index in [9.17, 15) is 19.5 Å². The molecule has 1 aliphatic heterocycles. The minimum absolute atomic E-state index is 0.0118. The summed E-state index contributed by atoms with van der Waals surface area (Å²) in [5.41, 5.74) is -1.21. The van der Waals surface area contributed by atoms with E-state index in [2.05, 4.69) is 33.0 Å². The fourth-order valence-corrected chi connectivity index (χ4v) is 4.81. The number of nitrogens with zero attached hydrogens (tertiary/aromatic N) is 1. The number of amides is 2. The van der Waals surface area contributed by atoms with Gasteiger partial charge in [0.2, 0.25) is 6.41 Å². The quantitative estimate of drug-likeness (QED) is 0.528. The lowest BCUT2D eigenvalue weighted by molar-refractivity contribution is -0.125. The molecular weight excluding hydrogens is 447 g/mol. The van der Waals surface area contributed by atoms with Crippen molar-refractivity contribution in [2.75, 3.05) is 13.1 Å². The summed E-state index contributed by atoms with van der Waals surface area (Å²) in [6.45, 7) is 11.0. The Kier molecular flexibility index (Phi) is 10.4. The number of ketones is 1. The Hall–Kier alpha value is -2.28. The summed E-state index contributed by atoms with van der Waals surface area (Å²) in [5, 5.41) is 13.8. The SMILES string of the molecule is CC(C)(C)C.CCC(=O)C(NC(=O)c1cccc(C2(O)CCCN(C=O)C2)c1F)C1CCCCC1. The van der Waals surface area contributed by atoms with E-state index in [-0.39, 0.29) is 29.4 Å². The maximum Gasteiger partial charge on any atom is 0.254 e. The third kappa shape index (κ3) is 8.41. The van der Waals surface area contributed by atoms with Crippen LogP contribution in [0, 0.1) is 17.2 Å². The Morgan fingerprint density at radius 3 is 2.40 bits per heavy atom. The Morgan fingerprint density at radius 1 is 1.20 bits per heavy atom. The van der Waals surface area contributed by atoms with Crippen LogP contribution in [0.3, 0.4) is 0 Å². The third-order valence-corrected chi connectivity index (χ3v) is 6.50. The number of rotatable bonds is 7. The van der Waals surface area contributed by atoms with Crippen molar-refractivity contribution >= 4 is 18.1 Å². The van der Waals surface area contributed by atoms with Crippen molar-refractivity contribution in [2.24, 2.45) is 11.3 Å². The van der Waals surface area contributed by atoms with E-state index < -0.39 is 23.4 Å². The lowest BCUT2D eigenvalue weighted by Gasteiger charge is -2.38. The van der Waals surface area contributed by atoms with Crippen molar-refractivity contribution < 1.29 is 23.9 Å². The van der Waals surface area contributed by atoms with Gasteiger partial charge in [0.25, 0.3) is 5.91 Å². The average Bonchev–Trinajstić information content (AvgIpc) is 2.81. The van der Waals surface area contributed by atoms with Crippen LogP contribution in [-0.4, -0.2) is 47.2 Å². The van der Waals surface area contributed by atoms with E-state index in [4.69, 9.17) is 0 Å². The molecule has 1 heterocycles. The van der Waals surface area contributed by atoms with Gasteiger partial charge in [-0.2, -0.15) is 0 Å². The molecule has 0 aromatic heterocycles. The number of aliphatic hydroxyl groups is 1. The number of Topliss-reactive ketones (excluding diaryl/α,β-unsaturated/α-hetero) is 1. The van der Waals surface area contributed by atoms with Crippen molar-refractivity contribution in [3.05, 3.63) is 35.1 Å². The number of hydrogen-bond donors (Lipinski definition) is 2. The summed E-state index contributed by atoms with van der Waals surface area (Å²) in [4.78, 5) is 38.0. The molecule has 2 atom stereocenters.